The van der Waals surface area contributed by atoms with Gasteiger partial charge >= 0.3 is 0 Å². The van der Waals surface area contributed by atoms with E-state index in [4.69, 9.17) is 0 Å². The van der Waals surface area contributed by atoms with Crippen LogP contribution in [0, 0.1) is 0 Å². The van der Waals surface area contributed by atoms with Crippen molar-refractivity contribution in [2.75, 3.05) is 37.6 Å². The minimum atomic E-state index is -0.0144. The van der Waals surface area contributed by atoms with Crippen molar-refractivity contribution < 1.29 is 4.79 Å². The third-order valence-electron chi connectivity index (χ3n) is 4.06. The van der Waals surface area contributed by atoms with E-state index < -0.39 is 0 Å². The minimum absolute atomic E-state index is 0.0144. The van der Waals surface area contributed by atoms with Gasteiger partial charge in [-0.05, 0) is 31.9 Å². The van der Waals surface area contributed by atoms with Crippen molar-refractivity contribution in [1.29, 1.82) is 0 Å². The van der Waals surface area contributed by atoms with Gasteiger partial charge in [0.2, 0.25) is 0 Å². The van der Waals surface area contributed by atoms with E-state index in [2.05, 4.69) is 27.3 Å². The summed E-state index contributed by atoms with van der Waals surface area (Å²) in [6.45, 7) is 6.54. The lowest BCUT2D eigenvalue weighted by molar-refractivity contribution is 0.0648. The third kappa shape index (κ3) is 2.60. The SMILES string of the molecule is C[C@@H]1CNCCN1C(=O)c1ccc(N2CCCC2)nn1. The van der Waals surface area contributed by atoms with Crippen LogP contribution in [0.3, 0.4) is 0 Å². The molecule has 1 N–H and O–H groups in total. The molecule has 2 aliphatic heterocycles. The smallest absolute Gasteiger partial charge is 0.274 e. The summed E-state index contributed by atoms with van der Waals surface area (Å²) in [5.74, 6) is 0.867. The Labute approximate surface area is 119 Å². The summed E-state index contributed by atoms with van der Waals surface area (Å²) in [6.07, 6.45) is 2.42. The van der Waals surface area contributed by atoms with Crippen LogP contribution in [0.4, 0.5) is 5.82 Å². The molecule has 6 heteroatoms. The average Bonchev–Trinajstić information content (AvgIpc) is 3.01. The van der Waals surface area contributed by atoms with E-state index in [9.17, 15) is 4.79 Å². The fraction of sp³-hybridized carbons (Fsp3) is 0.643. The van der Waals surface area contributed by atoms with Crippen molar-refractivity contribution in [2.24, 2.45) is 0 Å². The average molecular weight is 275 g/mol. The van der Waals surface area contributed by atoms with Crippen LogP contribution < -0.4 is 10.2 Å². The second kappa shape index (κ2) is 5.75. The Bertz CT molecular complexity index is 469. The number of nitrogens with one attached hydrogen (secondary N) is 1. The van der Waals surface area contributed by atoms with Crippen LogP contribution in [0.5, 0.6) is 0 Å². The molecule has 1 aromatic rings. The fourth-order valence-corrected chi connectivity index (χ4v) is 2.84. The summed E-state index contributed by atoms with van der Waals surface area (Å²) in [6, 6.07) is 3.92. The Kier molecular flexibility index (Phi) is 3.82. The third-order valence-corrected chi connectivity index (χ3v) is 4.06. The van der Waals surface area contributed by atoms with E-state index in [1.54, 1.807) is 6.07 Å². The van der Waals surface area contributed by atoms with Gasteiger partial charge in [-0.15, -0.1) is 10.2 Å². The van der Waals surface area contributed by atoms with E-state index >= 15 is 0 Å². The highest BCUT2D eigenvalue weighted by Crippen LogP contribution is 2.17. The fourth-order valence-electron chi connectivity index (χ4n) is 2.84. The first-order valence-corrected chi connectivity index (χ1v) is 7.36. The van der Waals surface area contributed by atoms with Gasteiger partial charge in [0.1, 0.15) is 0 Å². The Balaban J connectivity index is 1.71. The number of piperazine rings is 1. The molecule has 2 aliphatic rings. The minimum Gasteiger partial charge on any atom is -0.355 e. The molecule has 2 fully saturated rings. The topological polar surface area (TPSA) is 61.4 Å². The van der Waals surface area contributed by atoms with Gasteiger partial charge in [-0.25, -0.2) is 0 Å². The molecule has 0 saturated carbocycles. The molecule has 3 heterocycles. The number of anilines is 1. The Morgan fingerprint density at radius 3 is 2.70 bits per heavy atom. The van der Waals surface area contributed by atoms with Gasteiger partial charge in [-0.3, -0.25) is 4.79 Å². The lowest BCUT2D eigenvalue weighted by Crippen LogP contribution is -2.52. The van der Waals surface area contributed by atoms with Crippen LogP contribution >= 0.6 is 0 Å². The van der Waals surface area contributed by atoms with Crippen molar-refractivity contribution in [3.63, 3.8) is 0 Å². The number of nitrogens with zero attached hydrogens (tertiary/aromatic N) is 4. The second-order valence-electron chi connectivity index (χ2n) is 5.52. The molecule has 0 aromatic carbocycles. The molecule has 0 unspecified atom stereocenters. The van der Waals surface area contributed by atoms with Gasteiger partial charge in [0.25, 0.3) is 5.91 Å². The molecule has 2 saturated heterocycles. The molecule has 0 aliphatic carbocycles. The predicted molar refractivity (Wildman–Crippen MR) is 76.8 cm³/mol. The van der Waals surface area contributed by atoms with E-state index in [0.29, 0.717) is 5.69 Å². The van der Waals surface area contributed by atoms with Gasteiger partial charge in [0, 0.05) is 38.8 Å². The quantitative estimate of drug-likeness (QED) is 0.852. The number of rotatable bonds is 2. The van der Waals surface area contributed by atoms with E-state index in [0.717, 1.165) is 38.5 Å². The maximum atomic E-state index is 12.4. The summed E-state index contributed by atoms with van der Waals surface area (Å²) >= 11 is 0. The monoisotopic (exact) mass is 275 g/mol. The van der Waals surface area contributed by atoms with Crippen molar-refractivity contribution in [3.8, 4) is 0 Å². The van der Waals surface area contributed by atoms with Crippen LogP contribution in [-0.4, -0.2) is 59.8 Å². The molecule has 3 rings (SSSR count). The zero-order chi connectivity index (χ0) is 13.9. The molecule has 1 amide bonds. The van der Waals surface area contributed by atoms with Crippen LogP contribution in [-0.2, 0) is 0 Å². The summed E-state index contributed by atoms with van der Waals surface area (Å²) in [5.41, 5.74) is 0.446. The van der Waals surface area contributed by atoms with Crippen molar-refractivity contribution >= 4 is 11.7 Å². The van der Waals surface area contributed by atoms with E-state index in [-0.39, 0.29) is 11.9 Å². The molecule has 20 heavy (non-hydrogen) atoms. The number of aromatic nitrogens is 2. The van der Waals surface area contributed by atoms with Crippen molar-refractivity contribution in [3.05, 3.63) is 17.8 Å². The maximum Gasteiger partial charge on any atom is 0.274 e. The van der Waals surface area contributed by atoms with Crippen molar-refractivity contribution in [1.82, 2.24) is 20.4 Å². The van der Waals surface area contributed by atoms with Crippen LogP contribution in [0.25, 0.3) is 0 Å². The maximum absolute atomic E-state index is 12.4. The number of carbonyl (C=O) groups is 1. The Hall–Kier alpha value is -1.69. The van der Waals surface area contributed by atoms with Gasteiger partial charge in [-0.1, -0.05) is 0 Å². The number of carbonyl (C=O) groups excluding carboxylic acids is 1. The summed E-state index contributed by atoms with van der Waals surface area (Å²) in [4.78, 5) is 16.5. The standard InChI is InChI=1S/C14H21N5O/c1-11-10-15-6-9-19(11)14(20)12-4-5-13(17-16-12)18-7-2-3-8-18/h4-5,11,15H,2-3,6-10H2,1H3/t11-/m1/s1. The first kappa shape index (κ1) is 13.3. The first-order chi connectivity index (χ1) is 9.75. The zero-order valence-corrected chi connectivity index (χ0v) is 11.9. The summed E-state index contributed by atoms with van der Waals surface area (Å²) < 4.78 is 0. The first-order valence-electron chi connectivity index (χ1n) is 7.36. The van der Waals surface area contributed by atoms with Gasteiger partial charge in [-0.2, -0.15) is 0 Å². The lowest BCUT2D eigenvalue weighted by Gasteiger charge is -2.33. The van der Waals surface area contributed by atoms with Crippen molar-refractivity contribution in [2.45, 2.75) is 25.8 Å². The molecule has 1 aromatic heterocycles. The highest BCUT2D eigenvalue weighted by atomic mass is 16.2. The largest absolute Gasteiger partial charge is 0.355 e. The van der Waals surface area contributed by atoms with Gasteiger partial charge in [0.15, 0.2) is 11.5 Å². The van der Waals surface area contributed by atoms with Gasteiger partial charge < -0.3 is 15.1 Å². The number of hydrogen-bond acceptors (Lipinski definition) is 5. The predicted octanol–water partition coefficient (Wildman–Crippen LogP) is 0.511. The highest BCUT2D eigenvalue weighted by molar-refractivity contribution is 5.92. The summed E-state index contributed by atoms with van der Waals surface area (Å²) in [5, 5.41) is 11.6. The Morgan fingerprint density at radius 1 is 1.25 bits per heavy atom. The van der Waals surface area contributed by atoms with Crippen LogP contribution in [0.15, 0.2) is 12.1 Å². The molecular weight excluding hydrogens is 254 g/mol. The van der Waals surface area contributed by atoms with Gasteiger partial charge in [0.05, 0.1) is 0 Å². The molecular formula is C14H21N5O. The Morgan fingerprint density at radius 2 is 2.05 bits per heavy atom. The lowest BCUT2D eigenvalue weighted by atomic mass is 10.2. The highest BCUT2D eigenvalue weighted by Gasteiger charge is 2.25. The molecule has 6 nitrogen and oxygen atoms in total. The molecule has 108 valence electrons. The second-order valence-corrected chi connectivity index (χ2v) is 5.52. The molecule has 1 atom stereocenters. The van der Waals surface area contributed by atoms with Crippen LogP contribution in [0.2, 0.25) is 0 Å². The molecule has 0 bridgehead atoms. The number of hydrogen-bond donors (Lipinski definition) is 1. The zero-order valence-electron chi connectivity index (χ0n) is 11.9. The number of amides is 1. The molecule has 0 spiro atoms. The molecule has 0 radical (unpaired) electrons. The summed E-state index contributed by atoms with van der Waals surface area (Å²) in [7, 11) is 0. The van der Waals surface area contributed by atoms with E-state index in [1.165, 1.54) is 12.8 Å². The van der Waals surface area contributed by atoms with Crippen LogP contribution in [0.1, 0.15) is 30.3 Å². The normalized spacial score (nSPS) is 23.1. The van der Waals surface area contributed by atoms with E-state index in [1.807, 2.05) is 11.0 Å².